The number of nitrogens with zero attached hydrogens (tertiary/aromatic N) is 2. The molecule has 7 heteroatoms. The molecule has 0 spiro atoms. The molecule has 5 nitrogen and oxygen atoms in total. The zero-order chi connectivity index (χ0) is 8.97. The summed E-state index contributed by atoms with van der Waals surface area (Å²) in [5.74, 6) is 0. The first-order chi connectivity index (χ1) is 5.75. The molecular formula is C5H4N2O3S2. The van der Waals surface area contributed by atoms with E-state index in [4.69, 9.17) is 0 Å². The van der Waals surface area contributed by atoms with Crippen molar-refractivity contribution < 1.29 is 9.13 Å². The van der Waals surface area contributed by atoms with Crippen molar-refractivity contribution in [3.05, 3.63) is 28.4 Å². The van der Waals surface area contributed by atoms with Crippen molar-refractivity contribution in [2.24, 2.45) is 0 Å². The molecule has 0 unspecified atom stereocenters. The minimum Gasteiger partial charge on any atom is -0.258 e. The van der Waals surface area contributed by atoms with E-state index in [-0.39, 0.29) is 21.4 Å². The van der Waals surface area contributed by atoms with Crippen molar-refractivity contribution in [2.75, 3.05) is 0 Å². The molecule has 64 valence electrons. The zero-order valence-electron chi connectivity index (χ0n) is 5.71. The van der Waals surface area contributed by atoms with E-state index in [1.807, 2.05) is 0 Å². The van der Waals surface area contributed by atoms with Crippen LogP contribution in [0.2, 0.25) is 0 Å². The van der Waals surface area contributed by atoms with Crippen molar-refractivity contribution in [3.63, 3.8) is 0 Å². The molecule has 12 heavy (non-hydrogen) atoms. The average Bonchev–Trinajstić information content (AvgIpc) is 2.05. The second kappa shape index (κ2) is 4.17. The second-order valence-electron chi connectivity index (χ2n) is 1.75. The number of rotatable bonds is 3. The molecule has 0 aliphatic carbocycles. The summed E-state index contributed by atoms with van der Waals surface area (Å²) >= 11 is 0. The van der Waals surface area contributed by atoms with Gasteiger partial charge >= 0.3 is 5.69 Å². The van der Waals surface area contributed by atoms with Gasteiger partial charge in [0, 0.05) is 12.3 Å². The van der Waals surface area contributed by atoms with Crippen molar-refractivity contribution in [3.8, 4) is 0 Å². The van der Waals surface area contributed by atoms with Crippen LogP contribution >= 0.6 is 10.8 Å². The van der Waals surface area contributed by atoms with Crippen molar-refractivity contribution >= 4 is 27.2 Å². The highest BCUT2D eigenvalue weighted by molar-refractivity contribution is 8.61. The Labute approximate surface area is 75.2 Å². The van der Waals surface area contributed by atoms with Gasteiger partial charge in [0.25, 0.3) is 0 Å². The van der Waals surface area contributed by atoms with Crippen LogP contribution in [0.4, 0.5) is 5.69 Å². The van der Waals surface area contributed by atoms with Gasteiger partial charge in [-0.1, -0.05) is 0 Å². The van der Waals surface area contributed by atoms with Gasteiger partial charge in [0.2, 0.25) is 0 Å². The number of nitro groups is 1. The molecule has 0 bridgehead atoms. The van der Waals surface area contributed by atoms with Crippen LogP contribution in [0, 0.1) is 10.1 Å². The number of hydrogen-bond donors (Lipinski definition) is 1. The Morgan fingerprint density at radius 2 is 2.42 bits per heavy atom. The van der Waals surface area contributed by atoms with Crippen LogP contribution in [0.25, 0.3) is 0 Å². The van der Waals surface area contributed by atoms with Crippen LogP contribution in [-0.2, 0) is 10.7 Å². The Balaban J connectivity index is 3.07. The van der Waals surface area contributed by atoms with E-state index < -0.39 is 4.92 Å². The van der Waals surface area contributed by atoms with E-state index in [2.05, 4.69) is 4.98 Å². The summed E-state index contributed by atoms with van der Waals surface area (Å²) in [6, 6.07) is 2.78. The lowest BCUT2D eigenvalue weighted by molar-refractivity contribution is -0.388. The maximum atomic E-state index is 10.3. The van der Waals surface area contributed by atoms with Crippen LogP contribution in [0.3, 0.4) is 0 Å². The van der Waals surface area contributed by atoms with Gasteiger partial charge in [-0.25, -0.2) is 4.98 Å². The maximum absolute atomic E-state index is 10.3. The highest BCUT2D eigenvalue weighted by Crippen LogP contribution is 2.24. The summed E-state index contributed by atoms with van der Waals surface area (Å²) in [5.41, 5.74) is -0.120. The van der Waals surface area contributed by atoms with Gasteiger partial charge < -0.3 is 0 Å². The van der Waals surface area contributed by atoms with Gasteiger partial charge in [-0.2, -0.15) is 0 Å². The van der Waals surface area contributed by atoms with Gasteiger partial charge in [-0.05, 0) is 16.9 Å². The van der Waals surface area contributed by atoms with E-state index in [1.54, 1.807) is 0 Å². The summed E-state index contributed by atoms with van der Waals surface area (Å²) in [6.07, 6.45) is 1.42. The summed E-state index contributed by atoms with van der Waals surface area (Å²) in [7, 11) is 0.549. The smallest absolute Gasteiger partial charge is 0.258 e. The fourth-order valence-corrected chi connectivity index (χ4v) is 1.68. The molecule has 1 aromatic rings. The van der Waals surface area contributed by atoms with Crippen LogP contribution < -0.4 is 0 Å². The van der Waals surface area contributed by atoms with E-state index in [0.717, 1.165) is 10.8 Å². The van der Waals surface area contributed by atoms with Crippen LogP contribution in [0.15, 0.2) is 23.4 Å². The number of hydrogen-bond acceptors (Lipinski definition) is 5. The Hall–Kier alpha value is -0.950. The van der Waals surface area contributed by atoms with Crippen molar-refractivity contribution in [1.82, 2.24) is 4.98 Å². The third-order valence-corrected chi connectivity index (χ3v) is 2.38. The largest absolute Gasteiger partial charge is 0.302 e. The monoisotopic (exact) mass is 204 g/mol. The minimum atomic E-state index is -0.555. The Morgan fingerprint density at radius 1 is 1.67 bits per heavy atom. The molecular weight excluding hydrogens is 200 g/mol. The van der Waals surface area contributed by atoms with Crippen LogP contribution in [0.5, 0.6) is 0 Å². The maximum Gasteiger partial charge on any atom is 0.302 e. The first-order valence-electron chi connectivity index (χ1n) is 2.85. The summed E-state index contributed by atoms with van der Waals surface area (Å²) in [4.78, 5) is 13.5. The predicted octanol–water partition coefficient (Wildman–Crippen LogP) is 0.942. The number of pyridine rings is 1. The van der Waals surface area contributed by atoms with E-state index in [0.29, 0.717) is 0 Å². The molecule has 1 aromatic heterocycles. The fraction of sp³-hybridized carbons (Fsp3) is 0. The topological polar surface area (TPSA) is 73.1 Å². The lowest BCUT2D eigenvalue weighted by Crippen LogP contribution is -1.91. The van der Waals surface area contributed by atoms with E-state index >= 15 is 0 Å². The Bertz CT molecular complexity index is 317. The molecule has 1 rings (SSSR count). The van der Waals surface area contributed by atoms with Gasteiger partial charge in [0.1, 0.15) is 0 Å². The number of thiol groups is 1. The summed E-state index contributed by atoms with van der Waals surface area (Å²) < 4.78 is 10.1. The molecule has 0 atom stereocenters. The Morgan fingerprint density at radius 3 is 3.00 bits per heavy atom. The van der Waals surface area contributed by atoms with E-state index in [1.165, 1.54) is 18.3 Å². The molecule has 0 radical (unpaired) electrons. The first-order valence-corrected chi connectivity index (χ1v) is 5.08. The quantitative estimate of drug-likeness (QED) is 0.343. The van der Waals surface area contributed by atoms with Gasteiger partial charge in [0.05, 0.1) is 15.6 Å². The predicted molar refractivity (Wildman–Crippen MR) is 46.3 cm³/mol. The third-order valence-electron chi connectivity index (χ3n) is 1.07. The van der Waals surface area contributed by atoms with Crippen LogP contribution in [-0.4, -0.2) is 14.1 Å². The molecule has 0 aliphatic rings. The molecule has 0 aliphatic heterocycles. The van der Waals surface area contributed by atoms with Gasteiger partial charge in [0.15, 0.2) is 5.03 Å². The minimum absolute atomic E-state index is 0.120. The highest BCUT2D eigenvalue weighted by atomic mass is 33.1. The lowest BCUT2D eigenvalue weighted by atomic mass is 10.4. The summed E-state index contributed by atoms with van der Waals surface area (Å²) in [6.45, 7) is 0. The molecule has 0 N–H and O–H groups in total. The van der Waals surface area contributed by atoms with Crippen LogP contribution in [0.1, 0.15) is 0 Å². The Kier molecular flexibility index (Phi) is 3.18. The van der Waals surface area contributed by atoms with Gasteiger partial charge in [-0.3, -0.25) is 14.3 Å². The second-order valence-corrected chi connectivity index (χ2v) is 3.46. The third kappa shape index (κ3) is 2.02. The molecule has 1 heterocycles. The summed E-state index contributed by atoms with van der Waals surface area (Å²) in [5, 5.41) is 10.5. The first kappa shape index (κ1) is 9.14. The standard InChI is InChI=1S/C5H4N2O3S2/c8-7(9)4-2-1-3-6-5(4)11-12-10/h1-3,12H. The lowest BCUT2D eigenvalue weighted by Gasteiger charge is -1.94. The van der Waals surface area contributed by atoms with Crippen molar-refractivity contribution in [2.45, 2.75) is 5.03 Å². The van der Waals surface area contributed by atoms with E-state index in [9.17, 15) is 14.3 Å². The highest BCUT2D eigenvalue weighted by Gasteiger charge is 2.13. The SMILES string of the molecule is O=[SH]Sc1ncccc1[N+](=O)[O-]. The molecule has 0 amide bonds. The normalized spacial score (nSPS) is 9.67. The molecule has 0 aromatic carbocycles. The molecule has 0 saturated carbocycles. The van der Waals surface area contributed by atoms with Crippen molar-refractivity contribution in [1.29, 1.82) is 0 Å². The average molecular weight is 204 g/mol. The van der Waals surface area contributed by atoms with Gasteiger partial charge in [-0.15, -0.1) is 0 Å². The molecule has 0 saturated heterocycles. The zero-order valence-corrected chi connectivity index (χ0v) is 7.42. The fourth-order valence-electron chi connectivity index (χ4n) is 0.627. The molecule has 0 fully saturated rings. The number of aromatic nitrogens is 1.